The van der Waals surface area contributed by atoms with Crippen LogP contribution in [-0.4, -0.2) is 26.3 Å². The van der Waals surface area contributed by atoms with Crippen molar-refractivity contribution in [2.75, 3.05) is 6.54 Å². The molecular weight excluding hydrogens is 329 g/mol. The van der Waals surface area contributed by atoms with Gasteiger partial charge >= 0.3 is 0 Å². The minimum atomic E-state index is 0.753. The molecule has 0 aromatic carbocycles. The van der Waals surface area contributed by atoms with Crippen molar-refractivity contribution in [1.29, 1.82) is 0 Å². The Kier molecular flexibility index (Phi) is 4.06. The van der Waals surface area contributed by atoms with E-state index >= 15 is 0 Å². The molecule has 2 rings (SSSR count). The second kappa shape index (κ2) is 5.54. The molecule has 1 N–H and O–H groups in total. The second-order valence-electron chi connectivity index (χ2n) is 3.65. The van der Waals surface area contributed by atoms with Gasteiger partial charge in [0, 0.05) is 24.5 Å². The molecule has 0 spiro atoms. The summed E-state index contributed by atoms with van der Waals surface area (Å²) in [6.07, 6.45) is 5.63. The van der Waals surface area contributed by atoms with Crippen LogP contribution in [0.15, 0.2) is 18.6 Å². The summed E-state index contributed by atoms with van der Waals surface area (Å²) in [4.78, 5) is 8.69. The van der Waals surface area contributed by atoms with E-state index in [9.17, 15) is 0 Å². The molecule has 0 amide bonds. The molecule has 2 aromatic heterocycles. The minimum absolute atomic E-state index is 0.753. The predicted molar refractivity (Wildman–Crippen MR) is 74.0 cm³/mol. The molecule has 90 valence electrons. The summed E-state index contributed by atoms with van der Waals surface area (Å²) in [7, 11) is 0. The average Bonchev–Trinajstić information content (AvgIpc) is 2.74. The molecule has 0 fully saturated rings. The number of rotatable bonds is 4. The maximum Gasteiger partial charge on any atom is 0.161 e. The van der Waals surface area contributed by atoms with Crippen molar-refractivity contribution < 1.29 is 0 Å². The fourth-order valence-corrected chi connectivity index (χ4v) is 1.87. The van der Waals surface area contributed by atoms with E-state index in [2.05, 4.69) is 49.9 Å². The third-order valence-corrected chi connectivity index (χ3v) is 2.85. The monoisotopic (exact) mass is 343 g/mol. The Hall–Kier alpha value is -1.02. The lowest BCUT2D eigenvalue weighted by atomic mass is 10.3. The van der Waals surface area contributed by atoms with Gasteiger partial charge in [0.1, 0.15) is 5.82 Å². The molecule has 0 aliphatic carbocycles. The number of aromatic nitrogens is 4. The Morgan fingerprint density at radius 1 is 1.41 bits per heavy atom. The summed E-state index contributed by atoms with van der Waals surface area (Å²) in [6, 6.07) is 0. The van der Waals surface area contributed by atoms with E-state index in [0.29, 0.717) is 0 Å². The molecule has 5 nitrogen and oxygen atoms in total. The van der Waals surface area contributed by atoms with Crippen molar-refractivity contribution in [1.82, 2.24) is 25.1 Å². The molecule has 0 bridgehead atoms. The van der Waals surface area contributed by atoms with E-state index in [0.717, 1.165) is 33.9 Å². The number of hydrogen-bond donors (Lipinski definition) is 1. The molecule has 0 aliphatic rings. The minimum Gasteiger partial charge on any atom is -0.313 e. The smallest absolute Gasteiger partial charge is 0.161 e. The molecule has 2 heterocycles. The van der Waals surface area contributed by atoms with Gasteiger partial charge in [0.15, 0.2) is 5.82 Å². The largest absolute Gasteiger partial charge is 0.313 e. The highest BCUT2D eigenvalue weighted by Gasteiger charge is 2.08. The maximum atomic E-state index is 4.46. The van der Waals surface area contributed by atoms with Gasteiger partial charge in [-0.05, 0) is 36.1 Å². The van der Waals surface area contributed by atoms with Crippen LogP contribution in [0.5, 0.6) is 0 Å². The van der Waals surface area contributed by atoms with Crippen LogP contribution in [0.1, 0.15) is 18.3 Å². The van der Waals surface area contributed by atoms with Gasteiger partial charge < -0.3 is 5.32 Å². The van der Waals surface area contributed by atoms with Crippen LogP contribution in [0.3, 0.4) is 0 Å². The SMILES string of the molecule is CCNCc1cnc(C)nc1-n1cc(I)cn1. The molecule has 0 saturated heterocycles. The van der Waals surface area contributed by atoms with Gasteiger partial charge in [-0.25, -0.2) is 14.6 Å². The highest BCUT2D eigenvalue weighted by Crippen LogP contribution is 2.12. The van der Waals surface area contributed by atoms with E-state index in [4.69, 9.17) is 0 Å². The third kappa shape index (κ3) is 3.01. The number of aryl methyl sites for hydroxylation is 1. The molecule has 0 radical (unpaired) electrons. The average molecular weight is 343 g/mol. The fraction of sp³-hybridized carbons (Fsp3) is 0.364. The summed E-state index contributed by atoms with van der Waals surface area (Å²) in [5.74, 6) is 1.60. The molecule has 0 saturated carbocycles. The summed E-state index contributed by atoms with van der Waals surface area (Å²) in [5.41, 5.74) is 1.05. The van der Waals surface area contributed by atoms with Gasteiger partial charge in [0.25, 0.3) is 0 Å². The van der Waals surface area contributed by atoms with Gasteiger partial charge in [-0.1, -0.05) is 6.92 Å². The van der Waals surface area contributed by atoms with E-state index in [-0.39, 0.29) is 0 Å². The van der Waals surface area contributed by atoms with Crippen molar-refractivity contribution in [3.05, 3.63) is 33.5 Å². The molecule has 2 aromatic rings. The molecule has 0 atom stereocenters. The van der Waals surface area contributed by atoms with Crippen LogP contribution >= 0.6 is 22.6 Å². The lowest BCUT2D eigenvalue weighted by Crippen LogP contribution is -2.16. The molecule has 17 heavy (non-hydrogen) atoms. The van der Waals surface area contributed by atoms with Crippen molar-refractivity contribution in [2.45, 2.75) is 20.4 Å². The normalized spacial score (nSPS) is 10.8. The van der Waals surface area contributed by atoms with Crippen LogP contribution in [0.2, 0.25) is 0 Å². The second-order valence-corrected chi connectivity index (χ2v) is 4.90. The summed E-state index contributed by atoms with van der Waals surface area (Å²) >= 11 is 2.23. The van der Waals surface area contributed by atoms with Crippen molar-refractivity contribution in [3.8, 4) is 5.82 Å². The Bertz CT molecular complexity index is 508. The number of nitrogens with one attached hydrogen (secondary N) is 1. The topological polar surface area (TPSA) is 55.6 Å². The number of nitrogens with zero attached hydrogens (tertiary/aromatic N) is 4. The van der Waals surface area contributed by atoms with Crippen molar-refractivity contribution in [3.63, 3.8) is 0 Å². The van der Waals surface area contributed by atoms with Gasteiger partial charge in [-0.2, -0.15) is 5.10 Å². The van der Waals surface area contributed by atoms with E-state index < -0.39 is 0 Å². The molecular formula is C11H14IN5. The standard InChI is InChI=1S/C11H14IN5/c1-3-13-4-9-5-14-8(2)16-11(9)17-7-10(12)6-15-17/h5-7,13H,3-4H2,1-2H3. The Labute approximate surface area is 114 Å². The van der Waals surface area contributed by atoms with Crippen LogP contribution in [-0.2, 0) is 6.54 Å². The first-order valence-electron chi connectivity index (χ1n) is 5.44. The fourth-order valence-electron chi connectivity index (χ4n) is 1.48. The van der Waals surface area contributed by atoms with Crippen molar-refractivity contribution >= 4 is 22.6 Å². The summed E-state index contributed by atoms with van der Waals surface area (Å²) in [6.45, 7) is 5.63. The first-order valence-corrected chi connectivity index (χ1v) is 6.52. The van der Waals surface area contributed by atoms with Gasteiger partial charge in [0.2, 0.25) is 0 Å². The zero-order valence-electron chi connectivity index (χ0n) is 9.81. The third-order valence-electron chi connectivity index (χ3n) is 2.30. The zero-order chi connectivity index (χ0) is 12.3. The van der Waals surface area contributed by atoms with Gasteiger partial charge in [0.05, 0.1) is 9.77 Å². The highest BCUT2D eigenvalue weighted by molar-refractivity contribution is 14.1. The van der Waals surface area contributed by atoms with Gasteiger partial charge in [-0.15, -0.1) is 0 Å². The first kappa shape index (κ1) is 12.4. The van der Waals surface area contributed by atoms with Gasteiger partial charge in [-0.3, -0.25) is 0 Å². The summed E-state index contributed by atoms with van der Waals surface area (Å²) in [5, 5.41) is 7.56. The highest BCUT2D eigenvalue weighted by atomic mass is 127. The van der Waals surface area contributed by atoms with Crippen LogP contribution in [0.4, 0.5) is 0 Å². The van der Waals surface area contributed by atoms with Crippen LogP contribution in [0.25, 0.3) is 5.82 Å². The number of halogens is 1. The molecule has 0 unspecified atom stereocenters. The maximum absolute atomic E-state index is 4.46. The van der Waals surface area contributed by atoms with E-state index in [1.807, 2.05) is 25.5 Å². The van der Waals surface area contributed by atoms with Crippen molar-refractivity contribution in [2.24, 2.45) is 0 Å². The quantitative estimate of drug-likeness (QED) is 0.859. The molecule has 0 aliphatic heterocycles. The predicted octanol–water partition coefficient (Wildman–Crippen LogP) is 1.68. The Balaban J connectivity index is 2.39. The Morgan fingerprint density at radius 3 is 2.88 bits per heavy atom. The first-order chi connectivity index (χ1) is 8.20. The lowest BCUT2D eigenvalue weighted by Gasteiger charge is -2.09. The number of hydrogen-bond acceptors (Lipinski definition) is 4. The van der Waals surface area contributed by atoms with E-state index in [1.165, 1.54) is 0 Å². The molecule has 6 heteroatoms. The lowest BCUT2D eigenvalue weighted by molar-refractivity contribution is 0.702. The Morgan fingerprint density at radius 2 is 2.24 bits per heavy atom. The van der Waals surface area contributed by atoms with Crippen LogP contribution < -0.4 is 5.32 Å². The van der Waals surface area contributed by atoms with E-state index in [1.54, 1.807) is 4.68 Å². The van der Waals surface area contributed by atoms with Crippen LogP contribution in [0, 0.1) is 10.5 Å². The zero-order valence-corrected chi connectivity index (χ0v) is 12.0. The summed E-state index contributed by atoms with van der Waals surface area (Å²) < 4.78 is 2.89.